The molecule has 0 amide bonds. The Balaban J connectivity index is 0.000000594. The largest absolute Gasteiger partial charge is 0.786 e. The van der Waals surface area contributed by atoms with Gasteiger partial charge in [-0.05, 0) is 76.9 Å². The van der Waals surface area contributed by atoms with Crippen LogP contribution >= 0.6 is 7.91 Å². The van der Waals surface area contributed by atoms with E-state index < -0.39 is 7.91 Å². The summed E-state index contributed by atoms with van der Waals surface area (Å²) in [5.41, 5.74) is 2.47. The predicted molar refractivity (Wildman–Crippen MR) is 142 cm³/mol. The number of hydrogen-bond acceptors (Lipinski definition) is 3. The van der Waals surface area contributed by atoms with Crippen molar-refractivity contribution < 1.29 is 36.3 Å². The smallest absolute Gasteiger partial charge is 0.123 e. The average Bonchev–Trinajstić information content (AvgIpc) is 2.88. The van der Waals surface area contributed by atoms with E-state index in [2.05, 4.69) is 41.5 Å². The Labute approximate surface area is 222 Å². The van der Waals surface area contributed by atoms with Crippen molar-refractivity contribution in [2.45, 2.75) is 54.4 Å². The Morgan fingerprint density at radius 2 is 0.811 bits per heavy atom. The summed E-state index contributed by atoms with van der Waals surface area (Å²) in [5, 5.41) is 0. The standard InChI is InChI=1S/2C14H23FN.FH2O3P/c2*1-4-16(5-2,6-3)12-11-13-7-9-14(15)10-8-13;1-5(2,3)4/h2*7-10H,4-6,11-12H2,1-3H3;(H2,2,3,4)/q2*+1;/p-2. The number of hydrogen-bond donors (Lipinski definition) is 0. The van der Waals surface area contributed by atoms with E-state index in [9.17, 15) is 13.0 Å². The van der Waals surface area contributed by atoms with Gasteiger partial charge in [0.25, 0.3) is 0 Å². The van der Waals surface area contributed by atoms with Gasteiger partial charge >= 0.3 is 0 Å². The first kappa shape index (κ1) is 35.3. The SMILES string of the molecule is CC[N+](CC)(CC)CCc1ccc(F)cc1.CC[N+](CC)(CC)CCc1ccc(F)cc1.O=P([O-])([O-])F. The van der Waals surface area contributed by atoms with Gasteiger partial charge in [0.05, 0.1) is 52.4 Å². The molecule has 0 aliphatic carbocycles. The van der Waals surface area contributed by atoms with Gasteiger partial charge in [0.1, 0.15) is 19.5 Å². The summed E-state index contributed by atoms with van der Waals surface area (Å²) >= 11 is 0. The van der Waals surface area contributed by atoms with Gasteiger partial charge in [-0.1, -0.05) is 24.3 Å². The second-order valence-electron chi connectivity index (χ2n) is 9.21. The third-order valence-electron chi connectivity index (χ3n) is 7.60. The minimum Gasteiger partial charge on any atom is -0.786 e. The molecule has 2 rings (SSSR count). The molecule has 0 aliphatic rings. The van der Waals surface area contributed by atoms with Crippen LogP contribution in [-0.4, -0.2) is 61.3 Å². The molecule has 0 aromatic heterocycles. The summed E-state index contributed by atoms with van der Waals surface area (Å²) in [6.07, 6.45) is 2.08. The Bertz CT molecular complexity index is 808. The Kier molecular flexibility index (Phi) is 16.9. The predicted octanol–water partition coefficient (Wildman–Crippen LogP) is 5.27. The lowest BCUT2D eigenvalue weighted by Crippen LogP contribution is -2.48. The summed E-state index contributed by atoms with van der Waals surface area (Å²) in [7, 11) is -5.64. The van der Waals surface area contributed by atoms with E-state index in [1.165, 1.54) is 50.4 Å². The van der Waals surface area contributed by atoms with Crippen molar-refractivity contribution in [3.63, 3.8) is 0 Å². The fourth-order valence-electron chi connectivity index (χ4n) is 4.33. The van der Waals surface area contributed by atoms with Gasteiger partial charge in [-0.3, -0.25) is 0 Å². The molecule has 37 heavy (non-hydrogen) atoms. The summed E-state index contributed by atoms with van der Waals surface area (Å²) in [6.45, 7) is 22.8. The third kappa shape index (κ3) is 15.3. The molecular weight excluding hydrogens is 500 g/mol. The molecule has 0 spiro atoms. The molecule has 2 aromatic rings. The lowest BCUT2D eigenvalue weighted by atomic mass is 10.1. The molecule has 0 heterocycles. The molecule has 9 heteroatoms. The normalized spacial score (nSPS) is 11.8. The van der Waals surface area contributed by atoms with Crippen molar-refractivity contribution in [1.29, 1.82) is 0 Å². The minimum atomic E-state index is -5.64. The number of nitrogens with zero attached hydrogens (tertiary/aromatic N) is 2. The first-order valence-corrected chi connectivity index (χ1v) is 14.7. The molecule has 0 bridgehead atoms. The highest BCUT2D eigenvalue weighted by Crippen LogP contribution is 2.22. The second-order valence-corrected chi connectivity index (χ2v) is 10.1. The Morgan fingerprint density at radius 3 is 1.00 bits per heavy atom. The van der Waals surface area contributed by atoms with Crippen LogP contribution in [0.1, 0.15) is 52.7 Å². The van der Waals surface area contributed by atoms with Gasteiger partial charge in [-0.2, -0.15) is 0 Å². The molecule has 0 fully saturated rings. The molecule has 0 aliphatic heterocycles. The number of likely N-dealkylation sites (N-methyl/N-ethyl adjacent to an activating group) is 2. The molecule has 0 saturated heterocycles. The van der Waals surface area contributed by atoms with Crippen molar-refractivity contribution in [3.05, 3.63) is 71.3 Å². The van der Waals surface area contributed by atoms with Gasteiger partial charge < -0.3 is 23.3 Å². The van der Waals surface area contributed by atoms with E-state index >= 15 is 0 Å². The number of rotatable bonds is 12. The third-order valence-corrected chi connectivity index (χ3v) is 7.60. The highest BCUT2D eigenvalue weighted by Gasteiger charge is 2.20. The first-order chi connectivity index (χ1) is 17.3. The van der Waals surface area contributed by atoms with Crippen molar-refractivity contribution in [2.75, 3.05) is 52.4 Å². The van der Waals surface area contributed by atoms with E-state index in [0.29, 0.717) is 0 Å². The van der Waals surface area contributed by atoms with Crippen molar-refractivity contribution in [1.82, 2.24) is 0 Å². The molecule has 5 nitrogen and oxygen atoms in total. The maximum atomic E-state index is 12.8. The van der Waals surface area contributed by atoms with Gasteiger partial charge in [-0.15, -0.1) is 0 Å². The van der Waals surface area contributed by atoms with E-state index in [1.807, 2.05) is 24.3 Å². The maximum Gasteiger partial charge on any atom is 0.123 e. The zero-order chi connectivity index (χ0) is 28.5. The van der Waals surface area contributed by atoms with Crippen LogP contribution in [0.4, 0.5) is 13.0 Å². The molecule has 0 saturated carbocycles. The van der Waals surface area contributed by atoms with Crippen molar-refractivity contribution in [2.24, 2.45) is 0 Å². The zero-order valence-corrected chi connectivity index (χ0v) is 24.3. The van der Waals surface area contributed by atoms with E-state index in [4.69, 9.17) is 14.4 Å². The van der Waals surface area contributed by atoms with Crippen LogP contribution in [0.15, 0.2) is 48.5 Å². The maximum absolute atomic E-state index is 12.8. The van der Waals surface area contributed by atoms with E-state index in [1.54, 1.807) is 24.3 Å². The zero-order valence-electron chi connectivity index (χ0n) is 23.4. The summed E-state index contributed by atoms with van der Waals surface area (Å²) in [5.74, 6) is -0.294. The lowest BCUT2D eigenvalue weighted by Gasteiger charge is -2.35. The Hall–Kier alpha value is -1.70. The highest BCUT2D eigenvalue weighted by atomic mass is 31.2. The van der Waals surface area contributed by atoms with Crippen molar-refractivity contribution >= 4 is 7.91 Å². The van der Waals surface area contributed by atoms with E-state index in [0.717, 1.165) is 34.9 Å². The van der Waals surface area contributed by atoms with Gasteiger partial charge in [0.2, 0.25) is 0 Å². The first-order valence-electron chi connectivity index (χ1n) is 13.2. The molecular formula is C28H46F3N2O3P. The summed E-state index contributed by atoms with van der Waals surface area (Å²) < 4.78 is 46.4. The van der Waals surface area contributed by atoms with Crippen LogP contribution in [0.2, 0.25) is 0 Å². The van der Waals surface area contributed by atoms with Gasteiger partial charge in [0, 0.05) is 12.8 Å². The van der Waals surface area contributed by atoms with Crippen LogP contribution < -0.4 is 9.79 Å². The van der Waals surface area contributed by atoms with E-state index in [-0.39, 0.29) is 11.6 Å². The summed E-state index contributed by atoms with van der Waals surface area (Å²) in [4.78, 5) is 16.9. The number of quaternary nitrogens is 2. The second kappa shape index (κ2) is 17.7. The summed E-state index contributed by atoms with van der Waals surface area (Å²) in [6, 6.07) is 13.8. The molecule has 0 N–H and O–H groups in total. The van der Waals surface area contributed by atoms with Gasteiger partial charge in [-0.25, -0.2) is 13.0 Å². The number of benzene rings is 2. The molecule has 0 unspecified atom stereocenters. The van der Waals surface area contributed by atoms with Crippen LogP contribution in [0.25, 0.3) is 0 Å². The highest BCUT2D eigenvalue weighted by molar-refractivity contribution is 7.42. The average molecular weight is 547 g/mol. The molecule has 0 atom stereocenters. The lowest BCUT2D eigenvalue weighted by molar-refractivity contribution is -0.923. The van der Waals surface area contributed by atoms with Gasteiger partial charge in [0.15, 0.2) is 0 Å². The fourth-order valence-corrected chi connectivity index (χ4v) is 4.33. The van der Waals surface area contributed by atoms with Crippen LogP contribution in [0.3, 0.4) is 0 Å². The monoisotopic (exact) mass is 546 g/mol. The molecule has 212 valence electrons. The van der Waals surface area contributed by atoms with Crippen molar-refractivity contribution in [3.8, 4) is 0 Å². The van der Waals surface area contributed by atoms with Crippen LogP contribution in [0, 0.1) is 11.6 Å². The minimum absolute atomic E-state index is 0.147. The Morgan fingerprint density at radius 1 is 0.595 bits per heavy atom. The fraction of sp³-hybridized carbons (Fsp3) is 0.571. The van der Waals surface area contributed by atoms with Crippen LogP contribution in [0.5, 0.6) is 0 Å². The van der Waals surface area contributed by atoms with Crippen LogP contribution in [-0.2, 0) is 17.4 Å². The topological polar surface area (TPSA) is 63.2 Å². The quantitative estimate of drug-likeness (QED) is 0.269. The number of halogens is 3. The molecule has 2 aromatic carbocycles. The molecule has 0 radical (unpaired) electrons.